The normalized spacial score (nSPS) is 29.5. The van der Waals surface area contributed by atoms with Crippen LogP contribution in [0.15, 0.2) is 16.5 Å². The van der Waals surface area contributed by atoms with Crippen LogP contribution in [0, 0.1) is 0 Å². The third kappa shape index (κ3) is 2.41. The van der Waals surface area contributed by atoms with Gasteiger partial charge in [-0.25, -0.2) is 0 Å². The van der Waals surface area contributed by atoms with Crippen LogP contribution < -0.4 is 10.2 Å². The summed E-state index contributed by atoms with van der Waals surface area (Å²) in [6.07, 6.45) is 7.76. The quantitative estimate of drug-likeness (QED) is 0.868. The number of furan rings is 1. The number of hydrogen-bond donors (Lipinski definition) is 1. The second-order valence-corrected chi connectivity index (χ2v) is 5.72. The van der Waals surface area contributed by atoms with E-state index < -0.39 is 0 Å². The van der Waals surface area contributed by atoms with Crippen LogP contribution in [0.2, 0.25) is 0 Å². The predicted octanol–water partition coefficient (Wildman–Crippen LogP) is 3.47. The van der Waals surface area contributed by atoms with Gasteiger partial charge in [0.1, 0.15) is 5.76 Å². The maximum absolute atomic E-state index is 6.10. The zero-order chi connectivity index (χ0) is 12.4. The number of nitrogens with zero attached hydrogens (tertiary/aromatic N) is 1. The van der Waals surface area contributed by atoms with E-state index in [4.69, 9.17) is 4.42 Å². The van der Waals surface area contributed by atoms with Gasteiger partial charge in [0.2, 0.25) is 0 Å². The first-order valence-corrected chi connectivity index (χ1v) is 7.44. The molecule has 18 heavy (non-hydrogen) atoms. The van der Waals surface area contributed by atoms with E-state index in [-0.39, 0.29) is 0 Å². The lowest BCUT2D eigenvalue weighted by atomic mass is 10.0. The summed E-state index contributed by atoms with van der Waals surface area (Å²) in [5, 5.41) is 3.55. The zero-order valence-electron chi connectivity index (χ0n) is 11.3. The van der Waals surface area contributed by atoms with E-state index in [1.807, 2.05) is 0 Å². The summed E-state index contributed by atoms with van der Waals surface area (Å²) in [6.45, 7) is 4.58. The molecule has 2 aliphatic rings. The van der Waals surface area contributed by atoms with E-state index in [0.717, 1.165) is 24.7 Å². The van der Waals surface area contributed by atoms with Crippen LogP contribution in [-0.4, -0.2) is 19.1 Å². The van der Waals surface area contributed by atoms with Crippen LogP contribution in [0.1, 0.15) is 57.3 Å². The standard InChI is InChI=1S/C15H24N2O/c1-12-6-3-5-11-17(12)15-9-8-14(18-15)13-7-2-4-10-16-13/h8-9,12-13,16H,2-7,10-11H2,1H3/t12?,13-/m1/s1. The molecule has 3 heterocycles. The fourth-order valence-corrected chi connectivity index (χ4v) is 3.20. The van der Waals surface area contributed by atoms with Crippen LogP contribution >= 0.6 is 0 Å². The van der Waals surface area contributed by atoms with Crippen molar-refractivity contribution < 1.29 is 4.42 Å². The fourth-order valence-electron chi connectivity index (χ4n) is 3.20. The van der Waals surface area contributed by atoms with Crippen molar-refractivity contribution in [1.82, 2.24) is 5.32 Å². The average molecular weight is 248 g/mol. The van der Waals surface area contributed by atoms with Crippen LogP contribution in [-0.2, 0) is 0 Å². The summed E-state index contributed by atoms with van der Waals surface area (Å²) in [5.41, 5.74) is 0. The molecule has 100 valence electrons. The van der Waals surface area contributed by atoms with E-state index in [1.54, 1.807) is 0 Å². The third-order valence-corrected chi connectivity index (χ3v) is 4.35. The van der Waals surface area contributed by atoms with Gasteiger partial charge in [-0.3, -0.25) is 0 Å². The van der Waals surface area contributed by atoms with Gasteiger partial charge in [0.05, 0.1) is 6.04 Å². The van der Waals surface area contributed by atoms with E-state index in [0.29, 0.717) is 12.1 Å². The monoisotopic (exact) mass is 248 g/mol. The molecule has 3 rings (SSSR count). The van der Waals surface area contributed by atoms with E-state index in [9.17, 15) is 0 Å². The molecule has 2 fully saturated rings. The van der Waals surface area contributed by atoms with Gasteiger partial charge in [-0.05, 0) is 51.6 Å². The molecule has 1 N–H and O–H groups in total. The predicted molar refractivity (Wildman–Crippen MR) is 74.0 cm³/mol. The summed E-state index contributed by atoms with van der Waals surface area (Å²) in [7, 11) is 0. The third-order valence-electron chi connectivity index (χ3n) is 4.35. The minimum absolute atomic E-state index is 0.438. The Morgan fingerprint density at radius 3 is 2.83 bits per heavy atom. The molecule has 2 saturated heterocycles. The molecule has 0 aromatic carbocycles. The van der Waals surface area contributed by atoms with Crippen molar-refractivity contribution in [3.8, 4) is 0 Å². The highest BCUT2D eigenvalue weighted by atomic mass is 16.4. The number of piperidine rings is 2. The minimum atomic E-state index is 0.438. The lowest BCUT2D eigenvalue weighted by molar-refractivity contribution is 0.343. The van der Waals surface area contributed by atoms with E-state index in [1.165, 1.54) is 38.5 Å². The highest BCUT2D eigenvalue weighted by Gasteiger charge is 2.23. The molecule has 3 nitrogen and oxygen atoms in total. The second kappa shape index (κ2) is 5.35. The van der Waals surface area contributed by atoms with Crippen molar-refractivity contribution in [2.45, 2.75) is 57.5 Å². The van der Waals surface area contributed by atoms with Crippen molar-refractivity contribution in [3.63, 3.8) is 0 Å². The van der Waals surface area contributed by atoms with Crippen LogP contribution in [0.5, 0.6) is 0 Å². The van der Waals surface area contributed by atoms with Gasteiger partial charge in [-0.1, -0.05) is 6.42 Å². The van der Waals surface area contributed by atoms with Gasteiger partial charge < -0.3 is 14.6 Å². The van der Waals surface area contributed by atoms with Gasteiger partial charge in [0, 0.05) is 18.7 Å². The molecular formula is C15H24N2O. The Morgan fingerprint density at radius 1 is 1.17 bits per heavy atom. The van der Waals surface area contributed by atoms with Crippen LogP contribution in [0.4, 0.5) is 5.88 Å². The number of hydrogen-bond acceptors (Lipinski definition) is 3. The number of rotatable bonds is 2. The molecule has 1 aromatic rings. The Kier molecular flexibility index (Phi) is 3.59. The van der Waals surface area contributed by atoms with Gasteiger partial charge in [-0.2, -0.15) is 0 Å². The molecule has 0 spiro atoms. The Labute approximate surface area is 110 Å². The summed E-state index contributed by atoms with van der Waals surface area (Å²) in [4.78, 5) is 2.43. The van der Waals surface area contributed by atoms with Gasteiger partial charge in [0.25, 0.3) is 0 Å². The topological polar surface area (TPSA) is 28.4 Å². The molecule has 0 amide bonds. The number of anilines is 1. The SMILES string of the molecule is CC1CCCCN1c1ccc([C@H]2CCCCN2)o1. The lowest BCUT2D eigenvalue weighted by Gasteiger charge is -2.33. The molecule has 0 bridgehead atoms. The first-order chi connectivity index (χ1) is 8.84. The average Bonchev–Trinajstić information content (AvgIpc) is 2.90. The molecular weight excluding hydrogens is 224 g/mol. The Hall–Kier alpha value is -0.960. The van der Waals surface area contributed by atoms with Crippen molar-refractivity contribution >= 4 is 5.88 Å². The Balaban J connectivity index is 1.71. The molecule has 0 aliphatic carbocycles. The molecule has 2 aliphatic heterocycles. The Morgan fingerprint density at radius 2 is 2.06 bits per heavy atom. The molecule has 0 saturated carbocycles. The molecule has 3 heteroatoms. The molecule has 0 radical (unpaired) electrons. The molecule has 1 unspecified atom stereocenters. The first-order valence-electron chi connectivity index (χ1n) is 7.44. The first kappa shape index (κ1) is 12.1. The second-order valence-electron chi connectivity index (χ2n) is 5.72. The number of nitrogens with one attached hydrogen (secondary N) is 1. The summed E-state index contributed by atoms with van der Waals surface area (Å²) < 4.78 is 6.10. The summed E-state index contributed by atoms with van der Waals surface area (Å²) >= 11 is 0. The van der Waals surface area contributed by atoms with Crippen LogP contribution in [0.3, 0.4) is 0 Å². The largest absolute Gasteiger partial charge is 0.444 e. The van der Waals surface area contributed by atoms with Gasteiger partial charge in [0.15, 0.2) is 5.88 Å². The van der Waals surface area contributed by atoms with E-state index >= 15 is 0 Å². The van der Waals surface area contributed by atoms with Crippen LogP contribution in [0.25, 0.3) is 0 Å². The van der Waals surface area contributed by atoms with Crippen molar-refractivity contribution in [2.24, 2.45) is 0 Å². The highest BCUT2D eigenvalue weighted by Crippen LogP contribution is 2.31. The maximum Gasteiger partial charge on any atom is 0.195 e. The van der Waals surface area contributed by atoms with Crippen molar-refractivity contribution in [2.75, 3.05) is 18.0 Å². The maximum atomic E-state index is 6.10. The molecule has 1 aromatic heterocycles. The summed E-state index contributed by atoms with van der Waals surface area (Å²) in [5.74, 6) is 2.20. The minimum Gasteiger partial charge on any atom is -0.444 e. The van der Waals surface area contributed by atoms with Gasteiger partial charge in [-0.15, -0.1) is 0 Å². The summed E-state index contributed by atoms with van der Waals surface area (Å²) in [6, 6.07) is 5.39. The fraction of sp³-hybridized carbons (Fsp3) is 0.733. The Bertz CT molecular complexity index is 382. The van der Waals surface area contributed by atoms with E-state index in [2.05, 4.69) is 29.3 Å². The highest BCUT2D eigenvalue weighted by molar-refractivity contribution is 5.38. The van der Waals surface area contributed by atoms with Crippen molar-refractivity contribution in [3.05, 3.63) is 17.9 Å². The lowest BCUT2D eigenvalue weighted by Crippen LogP contribution is -2.37. The zero-order valence-corrected chi connectivity index (χ0v) is 11.3. The van der Waals surface area contributed by atoms with Gasteiger partial charge >= 0.3 is 0 Å². The smallest absolute Gasteiger partial charge is 0.195 e. The van der Waals surface area contributed by atoms with Crippen molar-refractivity contribution in [1.29, 1.82) is 0 Å². The molecule has 2 atom stereocenters.